The summed E-state index contributed by atoms with van der Waals surface area (Å²) in [7, 11) is 0. The highest BCUT2D eigenvalue weighted by Gasteiger charge is 1.89. The van der Waals surface area contributed by atoms with Crippen molar-refractivity contribution in [1.29, 1.82) is 0 Å². The minimum atomic E-state index is 0.740. The van der Waals surface area contributed by atoms with Crippen LogP contribution in [-0.4, -0.2) is 24.6 Å². The van der Waals surface area contributed by atoms with E-state index in [2.05, 4.69) is 5.43 Å². The van der Waals surface area contributed by atoms with Crippen LogP contribution in [-0.2, 0) is 0 Å². The monoisotopic (exact) mass is 118 g/mol. The molecule has 0 heterocycles. The lowest BCUT2D eigenvalue weighted by atomic mass is 10.6. The zero-order valence-electron chi connectivity index (χ0n) is 5.22. The van der Waals surface area contributed by atoms with Crippen LogP contribution in [0.2, 0.25) is 0 Å². The Morgan fingerprint density at radius 3 is 2.62 bits per heavy atom. The normalized spacial score (nSPS) is 10.5. The van der Waals surface area contributed by atoms with Crippen LogP contribution in [0, 0.1) is 0 Å². The Morgan fingerprint density at radius 1 is 1.62 bits per heavy atom. The number of rotatable bonds is 4. The number of likely N-dealkylation sites (N-methyl/N-ethyl adjacent to an activating group) is 1. The maximum absolute atomic E-state index is 5.40. The largest absolute Gasteiger partial charge is 0.271 e. The predicted molar refractivity (Wildman–Crippen MR) is 33.6 cm³/mol. The molecule has 4 heteroatoms. The third kappa shape index (κ3) is 4.01. The first-order chi connectivity index (χ1) is 3.81. The van der Waals surface area contributed by atoms with E-state index in [4.69, 9.17) is 11.7 Å². The molecule has 4 nitrogen and oxygen atoms in total. The van der Waals surface area contributed by atoms with Crippen molar-refractivity contribution in [2.75, 3.05) is 19.6 Å². The summed E-state index contributed by atoms with van der Waals surface area (Å²) in [6, 6.07) is 0. The highest BCUT2D eigenvalue weighted by Crippen LogP contribution is 1.70. The van der Waals surface area contributed by atoms with Gasteiger partial charge in [0.2, 0.25) is 0 Å². The molecule has 0 rings (SSSR count). The van der Waals surface area contributed by atoms with E-state index in [1.54, 1.807) is 5.01 Å². The van der Waals surface area contributed by atoms with E-state index >= 15 is 0 Å². The van der Waals surface area contributed by atoms with Crippen molar-refractivity contribution in [3.05, 3.63) is 0 Å². The fourth-order valence-electron chi connectivity index (χ4n) is 0.366. The summed E-state index contributed by atoms with van der Waals surface area (Å²) in [6.07, 6.45) is 0. The Balaban J connectivity index is 2.86. The molecule has 0 atom stereocenters. The number of hydrazine groups is 2. The molecule has 0 fully saturated rings. The summed E-state index contributed by atoms with van der Waals surface area (Å²) >= 11 is 0. The van der Waals surface area contributed by atoms with Crippen LogP contribution in [0.25, 0.3) is 0 Å². The summed E-state index contributed by atoms with van der Waals surface area (Å²) in [5, 5.41) is 1.69. The van der Waals surface area contributed by atoms with E-state index in [0.717, 1.165) is 19.6 Å². The average molecular weight is 118 g/mol. The topological polar surface area (TPSA) is 67.3 Å². The lowest BCUT2D eigenvalue weighted by Crippen LogP contribution is -2.38. The Bertz CT molecular complexity index is 47.3. The zero-order valence-corrected chi connectivity index (χ0v) is 5.22. The fraction of sp³-hybridized carbons (Fsp3) is 1.00. The molecule has 0 spiro atoms. The summed E-state index contributed by atoms with van der Waals surface area (Å²) in [6.45, 7) is 4.40. The summed E-state index contributed by atoms with van der Waals surface area (Å²) in [5.41, 5.74) is 2.51. The molecule has 0 saturated heterocycles. The van der Waals surface area contributed by atoms with Gasteiger partial charge in [0.1, 0.15) is 0 Å². The third-order valence-corrected chi connectivity index (χ3v) is 0.950. The van der Waals surface area contributed by atoms with Gasteiger partial charge in [-0.25, -0.2) is 5.01 Å². The molecular weight excluding hydrogens is 104 g/mol. The van der Waals surface area contributed by atoms with Crippen LogP contribution < -0.4 is 17.1 Å². The van der Waals surface area contributed by atoms with Gasteiger partial charge in [-0.15, -0.1) is 0 Å². The lowest BCUT2D eigenvalue weighted by molar-refractivity contribution is 0.298. The number of nitrogens with zero attached hydrogens (tertiary/aromatic N) is 1. The molecule has 0 unspecified atom stereocenters. The van der Waals surface area contributed by atoms with Gasteiger partial charge in [0.25, 0.3) is 0 Å². The minimum Gasteiger partial charge on any atom is -0.271 e. The first kappa shape index (κ1) is 7.84. The van der Waals surface area contributed by atoms with Crippen LogP contribution in [0.1, 0.15) is 6.92 Å². The molecule has 0 saturated carbocycles. The molecule has 0 aromatic heterocycles. The van der Waals surface area contributed by atoms with Crippen molar-refractivity contribution in [3.63, 3.8) is 0 Å². The van der Waals surface area contributed by atoms with Crippen molar-refractivity contribution in [2.45, 2.75) is 6.92 Å². The van der Waals surface area contributed by atoms with Gasteiger partial charge in [-0.1, -0.05) is 6.92 Å². The Kier molecular flexibility index (Phi) is 4.89. The molecule has 50 valence electrons. The zero-order chi connectivity index (χ0) is 6.41. The van der Waals surface area contributed by atoms with E-state index < -0.39 is 0 Å². The highest BCUT2D eigenvalue weighted by molar-refractivity contribution is 4.44. The van der Waals surface area contributed by atoms with Gasteiger partial charge in [-0.05, 0) is 0 Å². The molecule has 8 heavy (non-hydrogen) atoms. The second-order valence-corrected chi connectivity index (χ2v) is 1.58. The van der Waals surface area contributed by atoms with E-state index in [1.807, 2.05) is 6.92 Å². The Labute approximate surface area is 49.8 Å². The fourth-order valence-corrected chi connectivity index (χ4v) is 0.366. The van der Waals surface area contributed by atoms with E-state index in [9.17, 15) is 0 Å². The molecule has 0 aliphatic rings. The van der Waals surface area contributed by atoms with Gasteiger partial charge in [0.15, 0.2) is 0 Å². The standard InChI is InChI=1S/C4H14N4/c1-2-8(6)4-3-7-5/h7H,2-6H2,1H3. The summed E-state index contributed by atoms with van der Waals surface area (Å²) < 4.78 is 0. The quantitative estimate of drug-likeness (QED) is 0.315. The smallest absolute Gasteiger partial charge is 0.0267 e. The lowest BCUT2D eigenvalue weighted by Gasteiger charge is -2.11. The van der Waals surface area contributed by atoms with Crippen molar-refractivity contribution < 1.29 is 0 Å². The van der Waals surface area contributed by atoms with Crippen molar-refractivity contribution >= 4 is 0 Å². The average Bonchev–Trinajstić information content (AvgIpc) is 1.83. The first-order valence-corrected chi connectivity index (χ1v) is 2.74. The van der Waals surface area contributed by atoms with Gasteiger partial charge in [-0.2, -0.15) is 0 Å². The first-order valence-electron chi connectivity index (χ1n) is 2.74. The minimum absolute atomic E-state index is 0.740. The summed E-state index contributed by atoms with van der Waals surface area (Å²) in [4.78, 5) is 0. The predicted octanol–water partition coefficient (Wildman–Crippen LogP) is -1.35. The molecule has 0 amide bonds. The van der Waals surface area contributed by atoms with Crippen LogP contribution in [0.15, 0.2) is 0 Å². The maximum Gasteiger partial charge on any atom is 0.0267 e. The van der Waals surface area contributed by atoms with E-state index in [1.165, 1.54) is 0 Å². The Morgan fingerprint density at radius 2 is 2.25 bits per heavy atom. The number of hydrogen-bond acceptors (Lipinski definition) is 4. The molecule has 0 aliphatic heterocycles. The molecule has 5 N–H and O–H groups in total. The van der Waals surface area contributed by atoms with Crippen LogP contribution in [0.5, 0.6) is 0 Å². The third-order valence-electron chi connectivity index (χ3n) is 0.950. The second-order valence-electron chi connectivity index (χ2n) is 1.58. The van der Waals surface area contributed by atoms with Crippen LogP contribution >= 0.6 is 0 Å². The maximum atomic E-state index is 5.40. The van der Waals surface area contributed by atoms with Gasteiger partial charge < -0.3 is 0 Å². The van der Waals surface area contributed by atoms with Crippen LogP contribution in [0.3, 0.4) is 0 Å². The molecular formula is C4H14N4. The molecule has 0 bridgehead atoms. The Hall–Kier alpha value is -0.160. The van der Waals surface area contributed by atoms with Crippen LogP contribution in [0.4, 0.5) is 0 Å². The highest BCUT2D eigenvalue weighted by atomic mass is 15.4. The summed E-state index contributed by atoms with van der Waals surface area (Å²) in [5.74, 6) is 10.4. The van der Waals surface area contributed by atoms with Gasteiger partial charge in [0.05, 0.1) is 0 Å². The van der Waals surface area contributed by atoms with Gasteiger partial charge in [0, 0.05) is 19.6 Å². The second kappa shape index (κ2) is 4.99. The SMILES string of the molecule is CCN(N)CCNN. The molecule has 0 aliphatic carbocycles. The molecule has 0 aromatic carbocycles. The van der Waals surface area contributed by atoms with Gasteiger partial charge in [-0.3, -0.25) is 17.1 Å². The van der Waals surface area contributed by atoms with Crippen molar-refractivity contribution in [2.24, 2.45) is 11.7 Å². The molecule has 0 aromatic rings. The number of nitrogens with one attached hydrogen (secondary N) is 1. The van der Waals surface area contributed by atoms with Crippen molar-refractivity contribution in [1.82, 2.24) is 10.4 Å². The number of hydrogen-bond donors (Lipinski definition) is 3. The molecule has 0 radical (unpaired) electrons. The van der Waals surface area contributed by atoms with E-state index in [-0.39, 0.29) is 0 Å². The van der Waals surface area contributed by atoms with E-state index in [0.29, 0.717) is 0 Å². The number of nitrogens with two attached hydrogens (primary N) is 2. The van der Waals surface area contributed by atoms with Gasteiger partial charge >= 0.3 is 0 Å². The van der Waals surface area contributed by atoms with Crippen molar-refractivity contribution in [3.8, 4) is 0 Å².